The van der Waals surface area contributed by atoms with Gasteiger partial charge in [0.25, 0.3) is 0 Å². The number of nitriles is 2. The van der Waals surface area contributed by atoms with Gasteiger partial charge in [-0.1, -0.05) is 24.3 Å². The Labute approximate surface area is 195 Å². The van der Waals surface area contributed by atoms with Crippen molar-refractivity contribution in [2.45, 2.75) is 0 Å². The molecule has 0 N–H and O–H groups in total. The molecule has 2 rings (SSSR count). The van der Waals surface area contributed by atoms with Gasteiger partial charge in [0.05, 0.1) is 0 Å². The van der Waals surface area contributed by atoms with Crippen molar-refractivity contribution in [3.05, 3.63) is 69.5 Å². The van der Waals surface area contributed by atoms with Crippen molar-refractivity contribution >= 4 is 43.2 Å². The van der Waals surface area contributed by atoms with Crippen LogP contribution < -0.4 is 9.80 Å². The van der Waals surface area contributed by atoms with Crippen LogP contribution in [0, 0.1) is 22.7 Å². The quantitative estimate of drug-likeness (QED) is 0.524. The van der Waals surface area contributed by atoms with Crippen molar-refractivity contribution in [1.29, 1.82) is 10.5 Å². The Morgan fingerprint density at radius 2 is 1.00 bits per heavy atom. The first-order valence-electron chi connectivity index (χ1n) is 9.63. The molecule has 0 heterocycles. The molecule has 0 atom stereocenters. The molecule has 0 bridgehead atoms. The molecule has 0 saturated heterocycles. The molecular formula is C23H24N4O4S2. The van der Waals surface area contributed by atoms with Crippen molar-refractivity contribution in [1.82, 2.24) is 0 Å². The number of benzene rings is 2. The number of rotatable bonds is 8. The summed E-state index contributed by atoms with van der Waals surface area (Å²) in [5, 5.41) is 17.4. The monoisotopic (exact) mass is 484 g/mol. The predicted octanol–water partition coefficient (Wildman–Crippen LogP) is 3.03. The zero-order valence-electron chi connectivity index (χ0n) is 18.7. The van der Waals surface area contributed by atoms with Crippen LogP contribution in [0.4, 0.5) is 11.4 Å². The summed E-state index contributed by atoms with van der Waals surface area (Å²) in [5.41, 5.74) is 2.60. The molecule has 0 aliphatic carbocycles. The first-order valence-corrected chi connectivity index (χ1v) is 12.9. The first-order chi connectivity index (χ1) is 15.4. The smallest absolute Gasteiger partial charge is 0.203 e. The van der Waals surface area contributed by atoms with Gasteiger partial charge in [-0.3, -0.25) is 0 Å². The molecule has 8 nitrogen and oxygen atoms in total. The molecule has 0 aliphatic rings. The Kier molecular flexibility index (Phi) is 8.04. The highest BCUT2D eigenvalue weighted by Gasteiger charge is 2.29. The van der Waals surface area contributed by atoms with E-state index in [1.165, 1.54) is 0 Å². The maximum Gasteiger partial charge on any atom is 0.203 e. The molecular weight excluding hydrogens is 460 g/mol. The van der Waals surface area contributed by atoms with Gasteiger partial charge in [-0.25, -0.2) is 16.8 Å². The number of hydrogen-bond acceptors (Lipinski definition) is 8. The van der Waals surface area contributed by atoms with Gasteiger partial charge in [-0.2, -0.15) is 10.5 Å². The number of hydrogen-bond donors (Lipinski definition) is 0. The predicted molar refractivity (Wildman–Crippen MR) is 131 cm³/mol. The third-order valence-electron chi connectivity index (χ3n) is 4.62. The number of nitrogens with zero attached hydrogens (tertiary/aromatic N) is 4. The van der Waals surface area contributed by atoms with Gasteiger partial charge >= 0.3 is 0 Å². The van der Waals surface area contributed by atoms with E-state index in [0.717, 1.165) is 23.5 Å². The second-order valence-electron chi connectivity index (χ2n) is 7.56. The van der Waals surface area contributed by atoms with E-state index in [-0.39, 0.29) is 0 Å². The minimum atomic E-state index is -4.52. The van der Waals surface area contributed by atoms with Crippen LogP contribution in [0.3, 0.4) is 0 Å². The summed E-state index contributed by atoms with van der Waals surface area (Å²) in [6.07, 6.45) is 2.22. The minimum Gasteiger partial charge on any atom is -0.378 e. The van der Waals surface area contributed by atoms with Crippen LogP contribution in [0.2, 0.25) is 0 Å². The first kappa shape index (κ1) is 25.7. The molecule has 0 saturated carbocycles. The lowest BCUT2D eigenvalue weighted by molar-refractivity contribution is 0.596. The molecule has 10 heteroatoms. The molecule has 0 radical (unpaired) electrons. The van der Waals surface area contributed by atoms with E-state index in [1.807, 2.05) is 38.0 Å². The van der Waals surface area contributed by atoms with E-state index in [9.17, 15) is 27.4 Å². The lowest BCUT2D eigenvalue weighted by Crippen LogP contribution is -2.18. The van der Waals surface area contributed by atoms with Crippen LogP contribution in [0.25, 0.3) is 12.2 Å². The third-order valence-corrected chi connectivity index (χ3v) is 8.86. The Bertz CT molecular complexity index is 1250. The maximum atomic E-state index is 12.7. The van der Waals surface area contributed by atoms with Crippen molar-refractivity contribution in [3.63, 3.8) is 0 Å². The maximum absolute atomic E-state index is 12.7. The minimum absolute atomic E-state index is 0.426. The zero-order valence-corrected chi connectivity index (χ0v) is 20.4. The van der Waals surface area contributed by atoms with Crippen LogP contribution >= 0.6 is 0 Å². The van der Waals surface area contributed by atoms with Gasteiger partial charge in [-0.05, 0) is 47.5 Å². The molecule has 2 aromatic carbocycles. The molecule has 0 unspecified atom stereocenters. The molecule has 0 amide bonds. The SMILES string of the molecule is CN(C)c1ccc(/C=C(/C#N)S(=O)(=O)CS(=O)(=O)/C(C#N)=C\c2ccc(N(C)C)cc2)cc1. The highest BCUT2D eigenvalue weighted by molar-refractivity contribution is 8.11. The lowest BCUT2D eigenvalue weighted by atomic mass is 10.2. The Morgan fingerprint density at radius 3 is 1.24 bits per heavy atom. The fourth-order valence-electron chi connectivity index (χ4n) is 2.75. The molecule has 172 valence electrons. The van der Waals surface area contributed by atoms with E-state index in [1.54, 1.807) is 60.7 Å². The normalized spacial score (nSPS) is 12.5. The Morgan fingerprint density at radius 1 is 0.697 bits per heavy atom. The topological polar surface area (TPSA) is 122 Å². The highest BCUT2D eigenvalue weighted by atomic mass is 32.3. The number of sulfone groups is 2. The highest BCUT2D eigenvalue weighted by Crippen LogP contribution is 2.22. The van der Waals surface area contributed by atoms with E-state index in [2.05, 4.69) is 0 Å². The molecule has 0 spiro atoms. The van der Waals surface area contributed by atoms with Crippen molar-refractivity contribution in [2.75, 3.05) is 43.1 Å². The van der Waals surface area contributed by atoms with E-state index in [4.69, 9.17) is 0 Å². The summed E-state index contributed by atoms with van der Waals surface area (Å²) < 4.78 is 50.9. The Balaban J connectivity index is 2.36. The standard InChI is InChI=1S/C23H24N4O4S2/c1-26(2)20-9-5-18(6-10-20)13-22(15-24)32(28,29)17-33(30,31)23(16-25)14-19-7-11-21(12-8-19)27(3)4/h5-14H,17H2,1-4H3/b22-13-,23-14-. The summed E-state index contributed by atoms with van der Waals surface area (Å²) in [7, 11) is -1.65. The molecule has 0 aromatic heterocycles. The van der Waals surface area contributed by atoms with Crippen LogP contribution in [0.1, 0.15) is 11.1 Å². The summed E-state index contributed by atoms with van der Waals surface area (Å²) in [6.45, 7) is 0. The number of anilines is 2. The van der Waals surface area contributed by atoms with Crippen molar-refractivity contribution in [3.8, 4) is 12.1 Å². The zero-order chi connectivity index (χ0) is 24.8. The van der Waals surface area contributed by atoms with Crippen molar-refractivity contribution < 1.29 is 16.8 Å². The van der Waals surface area contributed by atoms with Gasteiger partial charge in [0.1, 0.15) is 21.9 Å². The largest absolute Gasteiger partial charge is 0.378 e. The van der Waals surface area contributed by atoms with Gasteiger partial charge < -0.3 is 9.80 Å². The van der Waals surface area contributed by atoms with Crippen LogP contribution in [-0.4, -0.2) is 50.1 Å². The summed E-state index contributed by atoms with van der Waals surface area (Å²) in [6, 6.07) is 16.6. The van der Waals surface area contributed by atoms with E-state index < -0.39 is 34.6 Å². The Hall–Kier alpha value is -3.60. The molecule has 0 fully saturated rings. The van der Waals surface area contributed by atoms with Gasteiger partial charge in [0.15, 0.2) is 5.08 Å². The second-order valence-corrected chi connectivity index (χ2v) is 11.8. The lowest BCUT2D eigenvalue weighted by Gasteiger charge is -2.12. The van der Waals surface area contributed by atoms with Gasteiger partial charge in [-0.15, -0.1) is 0 Å². The van der Waals surface area contributed by atoms with E-state index in [0.29, 0.717) is 11.1 Å². The molecule has 2 aromatic rings. The average molecular weight is 485 g/mol. The van der Waals surface area contributed by atoms with Crippen LogP contribution in [0.15, 0.2) is 58.3 Å². The van der Waals surface area contributed by atoms with Crippen LogP contribution in [0.5, 0.6) is 0 Å². The van der Waals surface area contributed by atoms with Gasteiger partial charge in [0.2, 0.25) is 19.7 Å². The average Bonchev–Trinajstić information content (AvgIpc) is 2.75. The second kappa shape index (κ2) is 10.3. The van der Waals surface area contributed by atoms with Gasteiger partial charge in [0, 0.05) is 39.6 Å². The number of allylic oxidation sites excluding steroid dienone is 2. The summed E-state index contributed by atoms with van der Waals surface area (Å²) in [5.74, 6) is 0. The third kappa shape index (κ3) is 6.69. The fraction of sp³-hybridized carbons (Fsp3) is 0.217. The van der Waals surface area contributed by atoms with Crippen LogP contribution in [-0.2, 0) is 19.7 Å². The van der Waals surface area contributed by atoms with E-state index >= 15 is 0 Å². The van der Waals surface area contributed by atoms with Crippen molar-refractivity contribution in [2.24, 2.45) is 0 Å². The molecule has 33 heavy (non-hydrogen) atoms. The summed E-state index contributed by atoms with van der Waals surface area (Å²) in [4.78, 5) is 2.31. The molecule has 0 aliphatic heterocycles. The fourth-order valence-corrected chi connectivity index (χ4v) is 6.31. The summed E-state index contributed by atoms with van der Waals surface area (Å²) >= 11 is 0.